The molecule has 0 fully saturated rings. The molecule has 174 valence electrons. The van der Waals surface area contributed by atoms with Gasteiger partial charge in [0.2, 0.25) is 0 Å². The number of hydrogen-bond acceptors (Lipinski definition) is 3. The Morgan fingerprint density at radius 3 is 2.38 bits per heavy atom. The Morgan fingerprint density at radius 2 is 1.71 bits per heavy atom. The third kappa shape index (κ3) is 5.41. The number of fused-ring (bicyclic) bond motifs is 1. The van der Waals surface area contributed by atoms with E-state index in [-0.39, 0.29) is 18.1 Å². The first-order chi connectivity index (χ1) is 16.3. The Balaban J connectivity index is 1.66. The molecule has 4 aromatic rings. The molecule has 0 atom stereocenters. The number of nitrogens with zero attached hydrogens (tertiary/aromatic N) is 1. The SMILES string of the molecule is COc1ccc(CN(Cc2cc3c(C)cc(C)cc3[nH]c2=O)C(=O)Nc2ccc(Cl)cc2)cc1. The second kappa shape index (κ2) is 10.0. The number of H-pyrrole nitrogens is 1. The third-order valence-electron chi connectivity index (χ3n) is 5.67. The van der Waals surface area contributed by atoms with Crippen molar-refractivity contribution in [2.45, 2.75) is 26.9 Å². The van der Waals surface area contributed by atoms with Crippen molar-refractivity contribution in [1.29, 1.82) is 0 Å². The molecule has 0 saturated carbocycles. The normalized spacial score (nSPS) is 10.8. The third-order valence-corrected chi connectivity index (χ3v) is 5.92. The number of aryl methyl sites for hydroxylation is 2. The molecule has 0 saturated heterocycles. The Hall–Kier alpha value is -3.77. The van der Waals surface area contributed by atoms with Crippen molar-refractivity contribution in [2.24, 2.45) is 0 Å². The van der Waals surface area contributed by atoms with Gasteiger partial charge in [-0.15, -0.1) is 0 Å². The second-order valence-electron chi connectivity index (χ2n) is 8.31. The summed E-state index contributed by atoms with van der Waals surface area (Å²) in [6.45, 7) is 4.47. The molecule has 7 heteroatoms. The maximum Gasteiger partial charge on any atom is 0.322 e. The number of carbonyl (C=O) groups excluding carboxylic acids is 1. The fourth-order valence-electron chi connectivity index (χ4n) is 3.93. The summed E-state index contributed by atoms with van der Waals surface area (Å²) in [5, 5.41) is 4.44. The molecule has 3 aromatic carbocycles. The molecule has 2 N–H and O–H groups in total. The molecule has 0 aliphatic carbocycles. The highest BCUT2D eigenvalue weighted by Gasteiger charge is 2.18. The first kappa shape index (κ1) is 23.4. The van der Waals surface area contributed by atoms with Crippen LogP contribution in [0.2, 0.25) is 5.02 Å². The van der Waals surface area contributed by atoms with Crippen LogP contribution in [0.15, 0.2) is 71.5 Å². The summed E-state index contributed by atoms with van der Waals surface area (Å²) >= 11 is 5.97. The number of pyridine rings is 1. The predicted molar refractivity (Wildman–Crippen MR) is 137 cm³/mol. The standard InChI is InChI=1S/C27H26ClN3O3/c1-17-12-18(2)24-14-20(26(32)30-25(24)13-17)16-31(15-19-4-10-23(34-3)11-5-19)27(33)29-22-8-6-21(28)7-9-22/h4-14H,15-16H2,1-3H3,(H,29,33)(H,30,32). The summed E-state index contributed by atoms with van der Waals surface area (Å²) in [4.78, 5) is 30.7. The summed E-state index contributed by atoms with van der Waals surface area (Å²) in [5.74, 6) is 0.734. The highest BCUT2D eigenvalue weighted by molar-refractivity contribution is 6.30. The molecule has 0 radical (unpaired) electrons. The second-order valence-corrected chi connectivity index (χ2v) is 8.74. The van der Waals surface area contributed by atoms with Crippen LogP contribution in [0.25, 0.3) is 10.9 Å². The molecule has 2 amide bonds. The Labute approximate surface area is 203 Å². The largest absolute Gasteiger partial charge is 0.497 e. The highest BCUT2D eigenvalue weighted by atomic mass is 35.5. The lowest BCUT2D eigenvalue weighted by atomic mass is 10.0. The van der Waals surface area contributed by atoms with Crippen LogP contribution >= 0.6 is 11.6 Å². The van der Waals surface area contributed by atoms with Gasteiger partial charge < -0.3 is 19.9 Å². The number of ether oxygens (including phenoxy) is 1. The van der Waals surface area contributed by atoms with Crippen LogP contribution in [0.1, 0.15) is 22.3 Å². The van der Waals surface area contributed by atoms with E-state index in [0.29, 0.717) is 22.8 Å². The molecule has 34 heavy (non-hydrogen) atoms. The van der Waals surface area contributed by atoms with Crippen LogP contribution in [0.4, 0.5) is 10.5 Å². The summed E-state index contributed by atoms with van der Waals surface area (Å²) in [5.41, 5.74) is 4.77. The van der Waals surface area contributed by atoms with Gasteiger partial charge in [-0.2, -0.15) is 0 Å². The number of halogens is 1. The summed E-state index contributed by atoms with van der Waals surface area (Å²) in [6.07, 6.45) is 0. The molecule has 0 aliphatic heterocycles. The van der Waals surface area contributed by atoms with E-state index >= 15 is 0 Å². The van der Waals surface area contributed by atoms with Crippen molar-refractivity contribution < 1.29 is 9.53 Å². The van der Waals surface area contributed by atoms with Gasteiger partial charge in [0.1, 0.15) is 5.75 Å². The van der Waals surface area contributed by atoms with Crippen molar-refractivity contribution in [1.82, 2.24) is 9.88 Å². The molecule has 1 heterocycles. The zero-order valence-corrected chi connectivity index (χ0v) is 20.1. The lowest BCUT2D eigenvalue weighted by Gasteiger charge is -2.23. The number of aromatic nitrogens is 1. The Morgan fingerprint density at radius 1 is 1.00 bits per heavy atom. The van der Waals surface area contributed by atoms with Gasteiger partial charge in [0.05, 0.1) is 13.7 Å². The Kier molecular flexibility index (Phi) is 6.89. The van der Waals surface area contributed by atoms with Gasteiger partial charge in [-0.25, -0.2) is 4.79 Å². The van der Waals surface area contributed by atoms with Crippen molar-refractivity contribution in [3.05, 3.63) is 104 Å². The van der Waals surface area contributed by atoms with Crippen molar-refractivity contribution in [2.75, 3.05) is 12.4 Å². The quantitative estimate of drug-likeness (QED) is 0.357. The van der Waals surface area contributed by atoms with Gasteiger partial charge in [0.15, 0.2) is 0 Å². The first-order valence-electron chi connectivity index (χ1n) is 10.9. The molecule has 6 nitrogen and oxygen atoms in total. The van der Waals surface area contributed by atoms with E-state index in [1.54, 1.807) is 36.3 Å². The van der Waals surface area contributed by atoms with Gasteiger partial charge >= 0.3 is 6.03 Å². The van der Waals surface area contributed by atoms with Crippen LogP contribution in [0, 0.1) is 13.8 Å². The minimum atomic E-state index is -0.321. The molecular formula is C27H26ClN3O3. The van der Waals surface area contributed by atoms with Gasteiger partial charge in [0.25, 0.3) is 5.56 Å². The molecule has 0 spiro atoms. The van der Waals surface area contributed by atoms with Crippen molar-refractivity contribution in [3.63, 3.8) is 0 Å². The average Bonchev–Trinajstić information content (AvgIpc) is 2.81. The van der Waals surface area contributed by atoms with Crippen LogP contribution < -0.4 is 15.6 Å². The average molecular weight is 476 g/mol. The predicted octanol–water partition coefficient (Wildman–Crippen LogP) is 6.04. The summed E-state index contributed by atoms with van der Waals surface area (Å²) in [7, 11) is 1.61. The van der Waals surface area contributed by atoms with Crippen molar-refractivity contribution in [3.8, 4) is 5.75 Å². The highest BCUT2D eigenvalue weighted by Crippen LogP contribution is 2.21. The topological polar surface area (TPSA) is 74.4 Å². The number of anilines is 1. The van der Waals surface area contributed by atoms with Gasteiger partial charge in [-0.3, -0.25) is 4.79 Å². The number of amides is 2. The fourth-order valence-corrected chi connectivity index (χ4v) is 4.05. The first-order valence-corrected chi connectivity index (χ1v) is 11.3. The van der Waals surface area contributed by atoms with Crippen LogP contribution in [-0.4, -0.2) is 23.0 Å². The number of methoxy groups -OCH3 is 1. The molecule has 4 rings (SSSR count). The Bertz CT molecular complexity index is 1380. The molecule has 0 aliphatic rings. The number of nitrogens with one attached hydrogen (secondary N) is 2. The number of hydrogen-bond donors (Lipinski definition) is 2. The fraction of sp³-hybridized carbons (Fsp3) is 0.185. The maximum atomic E-state index is 13.3. The maximum absolute atomic E-state index is 13.3. The van der Waals surface area contributed by atoms with E-state index in [2.05, 4.69) is 16.4 Å². The van der Waals surface area contributed by atoms with Crippen LogP contribution in [-0.2, 0) is 13.1 Å². The lowest BCUT2D eigenvalue weighted by molar-refractivity contribution is 0.206. The van der Waals surface area contributed by atoms with E-state index < -0.39 is 0 Å². The number of rotatable bonds is 6. The van der Waals surface area contributed by atoms with Crippen molar-refractivity contribution >= 4 is 34.2 Å². The van der Waals surface area contributed by atoms with E-state index in [1.165, 1.54) is 0 Å². The van der Waals surface area contributed by atoms with Gasteiger partial charge in [0, 0.05) is 33.7 Å². The zero-order chi connectivity index (χ0) is 24.2. The molecule has 0 unspecified atom stereocenters. The minimum absolute atomic E-state index is 0.143. The van der Waals surface area contributed by atoms with E-state index in [1.807, 2.05) is 50.2 Å². The summed E-state index contributed by atoms with van der Waals surface area (Å²) < 4.78 is 5.23. The molecule has 0 bridgehead atoms. The smallest absolute Gasteiger partial charge is 0.322 e. The minimum Gasteiger partial charge on any atom is -0.497 e. The van der Waals surface area contributed by atoms with Gasteiger partial charge in [-0.05, 0) is 79.1 Å². The molecular weight excluding hydrogens is 450 g/mol. The van der Waals surface area contributed by atoms with Crippen LogP contribution in [0.3, 0.4) is 0 Å². The van der Waals surface area contributed by atoms with E-state index in [9.17, 15) is 9.59 Å². The van der Waals surface area contributed by atoms with Gasteiger partial charge in [-0.1, -0.05) is 29.8 Å². The lowest BCUT2D eigenvalue weighted by Crippen LogP contribution is -2.35. The number of aromatic amines is 1. The van der Waals surface area contributed by atoms with Crippen LogP contribution in [0.5, 0.6) is 5.75 Å². The zero-order valence-electron chi connectivity index (χ0n) is 19.3. The number of carbonyl (C=O) groups is 1. The monoisotopic (exact) mass is 475 g/mol. The molecule has 1 aromatic heterocycles. The van der Waals surface area contributed by atoms with E-state index in [0.717, 1.165) is 33.3 Å². The number of benzene rings is 3. The van der Waals surface area contributed by atoms with E-state index in [4.69, 9.17) is 16.3 Å². The number of urea groups is 1. The summed E-state index contributed by atoms with van der Waals surface area (Å²) in [6, 6.07) is 20.0.